The van der Waals surface area contributed by atoms with Gasteiger partial charge in [-0.25, -0.2) is 9.37 Å². The number of carbonyl (C=O) groups is 2. The maximum absolute atomic E-state index is 14.0. The first-order valence-corrected chi connectivity index (χ1v) is 9.03. The van der Waals surface area contributed by atoms with Crippen LogP contribution >= 0.6 is 0 Å². The molecule has 1 saturated heterocycles. The lowest BCUT2D eigenvalue weighted by atomic mass is 10.2. The number of aromatic nitrogens is 2. The second-order valence-electron chi connectivity index (χ2n) is 6.62. The normalized spacial score (nSPS) is 16.4. The van der Waals surface area contributed by atoms with Gasteiger partial charge in [0.15, 0.2) is 0 Å². The smallest absolute Gasteiger partial charge is 0.270 e. The third-order valence-electron chi connectivity index (χ3n) is 4.84. The van der Waals surface area contributed by atoms with Crippen LogP contribution in [0.4, 0.5) is 10.1 Å². The van der Waals surface area contributed by atoms with Crippen LogP contribution in [0.3, 0.4) is 0 Å². The lowest BCUT2D eigenvalue weighted by Crippen LogP contribution is -2.42. The zero-order chi connectivity index (χ0) is 19.7. The predicted molar refractivity (Wildman–Crippen MR) is 103 cm³/mol. The van der Waals surface area contributed by atoms with E-state index in [9.17, 15) is 14.0 Å². The van der Waals surface area contributed by atoms with E-state index in [1.165, 1.54) is 17.2 Å². The highest BCUT2D eigenvalue weighted by Crippen LogP contribution is 2.24. The van der Waals surface area contributed by atoms with Gasteiger partial charge in [-0.05, 0) is 37.6 Å². The molecule has 2 heterocycles. The van der Waals surface area contributed by atoms with Crippen LogP contribution in [0.5, 0.6) is 0 Å². The molecule has 0 spiro atoms. The van der Waals surface area contributed by atoms with Gasteiger partial charge in [-0.3, -0.25) is 14.2 Å². The number of amides is 2. The Morgan fingerprint density at radius 2 is 1.86 bits per heavy atom. The van der Waals surface area contributed by atoms with Gasteiger partial charge in [0, 0.05) is 12.2 Å². The molecular formula is C21H19FN4O2. The van der Waals surface area contributed by atoms with Crippen molar-refractivity contribution in [3.63, 3.8) is 0 Å². The first-order chi connectivity index (χ1) is 13.6. The van der Waals surface area contributed by atoms with Gasteiger partial charge in [0.25, 0.3) is 5.91 Å². The predicted octanol–water partition coefficient (Wildman–Crippen LogP) is 2.86. The molecule has 3 aromatic rings. The summed E-state index contributed by atoms with van der Waals surface area (Å²) >= 11 is 0. The Hall–Kier alpha value is -3.48. The van der Waals surface area contributed by atoms with Crippen LogP contribution in [0.25, 0.3) is 5.69 Å². The molecule has 1 aliphatic rings. The summed E-state index contributed by atoms with van der Waals surface area (Å²) in [6.45, 7) is 2.16. The summed E-state index contributed by atoms with van der Waals surface area (Å²) in [6, 6.07) is 14.8. The Morgan fingerprint density at radius 1 is 1.14 bits per heavy atom. The molecule has 28 heavy (non-hydrogen) atoms. The fraction of sp³-hybridized carbons (Fsp3) is 0.190. The molecule has 142 valence electrons. The van der Waals surface area contributed by atoms with Crippen molar-refractivity contribution in [1.82, 2.24) is 14.9 Å². The number of carbonyl (C=O) groups excluding carboxylic acids is 2. The van der Waals surface area contributed by atoms with E-state index in [2.05, 4.69) is 10.3 Å². The molecule has 0 saturated carbocycles. The lowest BCUT2D eigenvalue weighted by molar-refractivity contribution is -0.118. The number of rotatable bonds is 4. The highest BCUT2D eigenvalue weighted by atomic mass is 19.1. The molecule has 0 aliphatic carbocycles. The van der Waals surface area contributed by atoms with E-state index >= 15 is 0 Å². The first kappa shape index (κ1) is 17.9. The van der Waals surface area contributed by atoms with Crippen molar-refractivity contribution in [3.8, 4) is 5.69 Å². The van der Waals surface area contributed by atoms with E-state index in [0.29, 0.717) is 24.5 Å². The number of imidazole rings is 1. The summed E-state index contributed by atoms with van der Waals surface area (Å²) in [5, 5.41) is 2.77. The zero-order valence-corrected chi connectivity index (χ0v) is 15.3. The van der Waals surface area contributed by atoms with Gasteiger partial charge in [-0.1, -0.05) is 30.3 Å². The molecule has 1 fully saturated rings. The van der Waals surface area contributed by atoms with Gasteiger partial charge >= 0.3 is 0 Å². The minimum atomic E-state index is -0.702. The number of benzene rings is 2. The summed E-state index contributed by atoms with van der Waals surface area (Å²) in [4.78, 5) is 31.2. The maximum atomic E-state index is 14.0. The van der Waals surface area contributed by atoms with Crippen molar-refractivity contribution >= 4 is 17.5 Å². The Morgan fingerprint density at radius 3 is 2.61 bits per heavy atom. The zero-order valence-electron chi connectivity index (χ0n) is 15.3. The molecule has 1 aliphatic heterocycles. The molecule has 4 rings (SSSR count). The second kappa shape index (κ2) is 7.26. The summed E-state index contributed by atoms with van der Waals surface area (Å²) < 4.78 is 15.8. The quantitative estimate of drug-likeness (QED) is 0.759. The lowest BCUT2D eigenvalue weighted by Gasteiger charge is -2.18. The minimum Gasteiger partial charge on any atom is -0.339 e. The number of aryl methyl sites for hydroxylation is 1. The van der Waals surface area contributed by atoms with Gasteiger partial charge < -0.3 is 10.2 Å². The van der Waals surface area contributed by atoms with Crippen LogP contribution in [-0.2, 0) is 4.79 Å². The average Bonchev–Trinajstić information content (AvgIpc) is 3.26. The van der Waals surface area contributed by atoms with Crippen molar-refractivity contribution < 1.29 is 14.0 Å². The fourth-order valence-electron chi connectivity index (χ4n) is 3.46. The third kappa shape index (κ3) is 3.15. The van der Waals surface area contributed by atoms with Crippen molar-refractivity contribution in [1.29, 1.82) is 0 Å². The Labute approximate surface area is 161 Å². The summed E-state index contributed by atoms with van der Waals surface area (Å²) in [5.41, 5.74) is 1.39. The minimum absolute atomic E-state index is 0.231. The van der Waals surface area contributed by atoms with E-state index in [4.69, 9.17) is 0 Å². The number of anilines is 1. The molecule has 0 bridgehead atoms. The van der Waals surface area contributed by atoms with E-state index in [1.54, 1.807) is 22.8 Å². The number of hydrogen-bond donors (Lipinski definition) is 1. The van der Waals surface area contributed by atoms with Crippen LogP contribution in [0.1, 0.15) is 22.7 Å². The fourth-order valence-corrected chi connectivity index (χ4v) is 3.46. The molecule has 0 unspecified atom stereocenters. The van der Waals surface area contributed by atoms with E-state index in [1.807, 2.05) is 37.3 Å². The standard InChI is InChI=1S/C21H19FN4O2/c1-14-23-13-19(26(14)15-7-3-2-4-8-15)20(27)24-17-11-12-25(21(17)28)18-10-6-5-9-16(18)22/h2-10,13,17H,11-12H2,1H3,(H,24,27)/t17-/m1/s1. The molecular weight excluding hydrogens is 359 g/mol. The Bertz CT molecular complexity index is 1030. The van der Waals surface area contributed by atoms with Crippen LogP contribution in [-0.4, -0.2) is 34.0 Å². The van der Waals surface area contributed by atoms with Crippen LogP contribution in [0.15, 0.2) is 60.8 Å². The molecule has 0 radical (unpaired) electrons. The van der Waals surface area contributed by atoms with Crippen molar-refractivity contribution in [3.05, 3.63) is 78.1 Å². The number of para-hydroxylation sites is 2. The first-order valence-electron chi connectivity index (χ1n) is 9.03. The molecule has 1 N–H and O–H groups in total. The number of halogens is 1. The largest absolute Gasteiger partial charge is 0.339 e. The molecule has 6 nitrogen and oxygen atoms in total. The van der Waals surface area contributed by atoms with E-state index < -0.39 is 17.8 Å². The van der Waals surface area contributed by atoms with Crippen molar-refractivity contribution in [2.24, 2.45) is 0 Å². The van der Waals surface area contributed by atoms with Crippen LogP contribution < -0.4 is 10.2 Å². The van der Waals surface area contributed by atoms with Gasteiger partial charge in [-0.2, -0.15) is 0 Å². The third-order valence-corrected chi connectivity index (χ3v) is 4.84. The highest BCUT2D eigenvalue weighted by Gasteiger charge is 2.35. The van der Waals surface area contributed by atoms with Crippen LogP contribution in [0, 0.1) is 12.7 Å². The number of nitrogens with one attached hydrogen (secondary N) is 1. The SMILES string of the molecule is Cc1ncc(C(=O)N[C@@H]2CCN(c3ccccc3F)C2=O)n1-c1ccccc1. The molecule has 1 aromatic heterocycles. The maximum Gasteiger partial charge on any atom is 0.270 e. The van der Waals surface area contributed by atoms with Gasteiger partial charge in [0.2, 0.25) is 5.91 Å². The van der Waals surface area contributed by atoms with Crippen LogP contribution in [0.2, 0.25) is 0 Å². The molecule has 7 heteroatoms. The van der Waals surface area contributed by atoms with E-state index in [-0.39, 0.29) is 11.6 Å². The molecule has 1 atom stereocenters. The number of hydrogen-bond acceptors (Lipinski definition) is 3. The topological polar surface area (TPSA) is 67.2 Å². The van der Waals surface area contributed by atoms with Crippen molar-refractivity contribution in [2.45, 2.75) is 19.4 Å². The molecule has 2 amide bonds. The van der Waals surface area contributed by atoms with Crippen molar-refractivity contribution in [2.75, 3.05) is 11.4 Å². The second-order valence-corrected chi connectivity index (χ2v) is 6.62. The van der Waals surface area contributed by atoms with Gasteiger partial charge in [-0.15, -0.1) is 0 Å². The summed E-state index contributed by atoms with van der Waals surface area (Å²) in [6.07, 6.45) is 1.91. The van der Waals surface area contributed by atoms with Gasteiger partial charge in [0.05, 0.1) is 11.9 Å². The number of nitrogens with zero attached hydrogens (tertiary/aromatic N) is 3. The Balaban J connectivity index is 1.54. The average molecular weight is 378 g/mol. The van der Waals surface area contributed by atoms with Gasteiger partial charge in [0.1, 0.15) is 23.4 Å². The molecule has 2 aromatic carbocycles. The van der Waals surface area contributed by atoms with E-state index in [0.717, 1.165) is 5.69 Å². The highest BCUT2D eigenvalue weighted by molar-refractivity contribution is 6.03. The Kier molecular flexibility index (Phi) is 4.65. The monoisotopic (exact) mass is 378 g/mol. The summed E-state index contributed by atoms with van der Waals surface area (Å²) in [5.74, 6) is -0.498. The summed E-state index contributed by atoms with van der Waals surface area (Å²) in [7, 11) is 0.